The molecule has 31 heavy (non-hydrogen) atoms. The van der Waals surface area contributed by atoms with Gasteiger partial charge in [-0.3, -0.25) is 14.5 Å². The first-order valence-electron chi connectivity index (χ1n) is 11.1. The van der Waals surface area contributed by atoms with Gasteiger partial charge in [0.1, 0.15) is 5.75 Å². The van der Waals surface area contributed by atoms with Crippen LogP contribution in [0.25, 0.3) is 0 Å². The van der Waals surface area contributed by atoms with Gasteiger partial charge in [0.25, 0.3) is 5.91 Å². The Balaban J connectivity index is 1.36. The molecule has 1 heterocycles. The summed E-state index contributed by atoms with van der Waals surface area (Å²) in [6, 6.07) is 15.6. The van der Waals surface area contributed by atoms with Gasteiger partial charge in [-0.15, -0.1) is 0 Å². The van der Waals surface area contributed by atoms with Gasteiger partial charge in [0.2, 0.25) is 5.91 Å². The predicted octanol–water partition coefficient (Wildman–Crippen LogP) is 3.86. The van der Waals surface area contributed by atoms with E-state index in [0.717, 1.165) is 43.7 Å². The van der Waals surface area contributed by atoms with E-state index >= 15 is 0 Å². The molecule has 2 amide bonds. The summed E-state index contributed by atoms with van der Waals surface area (Å²) in [4.78, 5) is 27.0. The summed E-state index contributed by atoms with van der Waals surface area (Å²) in [6.07, 6.45) is 4.15. The summed E-state index contributed by atoms with van der Waals surface area (Å²) in [7, 11) is 3.82. The van der Waals surface area contributed by atoms with E-state index in [0.29, 0.717) is 18.0 Å². The summed E-state index contributed by atoms with van der Waals surface area (Å²) < 4.78 is 5.29. The van der Waals surface area contributed by atoms with E-state index < -0.39 is 0 Å². The van der Waals surface area contributed by atoms with Crippen LogP contribution in [0.1, 0.15) is 47.6 Å². The lowest BCUT2D eigenvalue weighted by Crippen LogP contribution is -2.41. The Morgan fingerprint density at radius 2 is 1.74 bits per heavy atom. The van der Waals surface area contributed by atoms with E-state index in [-0.39, 0.29) is 23.8 Å². The second kappa shape index (κ2) is 9.52. The van der Waals surface area contributed by atoms with Crippen LogP contribution in [-0.2, 0) is 4.79 Å². The largest absolute Gasteiger partial charge is 0.497 e. The van der Waals surface area contributed by atoms with E-state index in [1.807, 2.05) is 12.1 Å². The van der Waals surface area contributed by atoms with Gasteiger partial charge in [0.15, 0.2) is 0 Å². The molecule has 2 unspecified atom stereocenters. The van der Waals surface area contributed by atoms with Gasteiger partial charge in [-0.05, 0) is 87.2 Å². The first kappa shape index (κ1) is 21.4. The number of methoxy groups -OCH3 is 1. The van der Waals surface area contributed by atoms with Crippen LogP contribution >= 0.6 is 0 Å². The molecule has 2 aromatic rings. The minimum atomic E-state index is -0.0817. The first-order chi connectivity index (χ1) is 15.0. The van der Waals surface area contributed by atoms with Gasteiger partial charge < -0.3 is 15.4 Å². The smallest absolute Gasteiger partial charge is 0.251 e. The maximum absolute atomic E-state index is 12.7. The van der Waals surface area contributed by atoms with Crippen molar-refractivity contribution < 1.29 is 14.3 Å². The van der Waals surface area contributed by atoms with E-state index in [4.69, 9.17) is 4.74 Å². The van der Waals surface area contributed by atoms with E-state index in [1.165, 1.54) is 5.56 Å². The molecule has 2 fully saturated rings. The lowest BCUT2D eigenvalue weighted by Gasteiger charge is -2.39. The highest BCUT2D eigenvalue weighted by molar-refractivity contribution is 5.96. The number of anilines is 1. The van der Waals surface area contributed by atoms with Crippen molar-refractivity contribution in [3.8, 4) is 5.75 Å². The SMILES string of the molecule is COc1ccc(C2C(CNC(=O)c3ccc(NC(=O)C4CC4)cc3)CCCN2C)cc1. The molecule has 1 saturated heterocycles. The summed E-state index contributed by atoms with van der Waals surface area (Å²) >= 11 is 0. The number of carbonyl (C=O) groups is 2. The molecule has 1 aliphatic carbocycles. The Bertz CT molecular complexity index is 907. The Morgan fingerprint density at radius 1 is 1.03 bits per heavy atom. The van der Waals surface area contributed by atoms with Gasteiger partial charge in [-0.25, -0.2) is 0 Å². The third-order valence-electron chi connectivity index (χ3n) is 6.35. The maximum atomic E-state index is 12.7. The number of ether oxygens (including phenoxy) is 1. The number of hydrogen-bond acceptors (Lipinski definition) is 4. The van der Waals surface area contributed by atoms with Crippen LogP contribution in [0.3, 0.4) is 0 Å². The van der Waals surface area contributed by atoms with Crippen molar-refractivity contribution in [1.82, 2.24) is 10.2 Å². The molecule has 6 nitrogen and oxygen atoms in total. The maximum Gasteiger partial charge on any atom is 0.251 e. The molecule has 4 rings (SSSR count). The Kier molecular flexibility index (Phi) is 6.56. The van der Waals surface area contributed by atoms with Crippen LogP contribution in [-0.4, -0.2) is 44.0 Å². The highest BCUT2D eigenvalue weighted by atomic mass is 16.5. The molecule has 164 valence electrons. The summed E-state index contributed by atoms with van der Waals surface area (Å²) in [5, 5.41) is 6.03. The highest BCUT2D eigenvalue weighted by Crippen LogP contribution is 2.35. The number of likely N-dealkylation sites (tertiary alicyclic amines) is 1. The van der Waals surface area contributed by atoms with Gasteiger partial charge in [0, 0.05) is 29.8 Å². The van der Waals surface area contributed by atoms with Crippen LogP contribution in [0.5, 0.6) is 5.75 Å². The summed E-state index contributed by atoms with van der Waals surface area (Å²) in [5.74, 6) is 1.34. The molecule has 0 bridgehead atoms. The fourth-order valence-corrected chi connectivity index (χ4v) is 4.42. The topological polar surface area (TPSA) is 70.7 Å². The van der Waals surface area contributed by atoms with E-state index in [9.17, 15) is 9.59 Å². The summed E-state index contributed by atoms with van der Waals surface area (Å²) in [5.41, 5.74) is 2.59. The molecular formula is C25H31N3O3. The molecule has 2 aliphatic rings. The molecular weight excluding hydrogens is 390 g/mol. The van der Waals surface area contributed by atoms with E-state index in [2.05, 4.69) is 34.7 Å². The Labute approximate surface area is 184 Å². The predicted molar refractivity (Wildman–Crippen MR) is 121 cm³/mol. The molecule has 1 aliphatic heterocycles. The zero-order valence-electron chi connectivity index (χ0n) is 18.3. The van der Waals surface area contributed by atoms with Crippen molar-refractivity contribution in [2.45, 2.75) is 31.7 Å². The van der Waals surface area contributed by atoms with E-state index in [1.54, 1.807) is 31.4 Å². The monoisotopic (exact) mass is 421 g/mol. The van der Waals surface area contributed by atoms with Gasteiger partial charge in [-0.1, -0.05) is 12.1 Å². The number of carbonyl (C=O) groups excluding carboxylic acids is 2. The molecule has 1 saturated carbocycles. The van der Waals surface area contributed by atoms with Crippen molar-refractivity contribution in [2.24, 2.45) is 11.8 Å². The molecule has 2 atom stereocenters. The number of hydrogen-bond donors (Lipinski definition) is 2. The van der Waals surface area contributed by atoms with Crippen LogP contribution < -0.4 is 15.4 Å². The zero-order chi connectivity index (χ0) is 21.8. The third kappa shape index (κ3) is 5.25. The second-order valence-corrected chi connectivity index (χ2v) is 8.65. The minimum absolute atomic E-state index is 0.0724. The number of rotatable bonds is 7. The van der Waals surface area contributed by atoms with Crippen LogP contribution in [0.2, 0.25) is 0 Å². The second-order valence-electron chi connectivity index (χ2n) is 8.65. The van der Waals surface area contributed by atoms with Gasteiger partial charge >= 0.3 is 0 Å². The van der Waals surface area contributed by atoms with Crippen LogP contribution in [0.4, 0.5) is 5.69 Å². The average Bonchev–Trinajstić information content (AvgIpc) is 3.64. The summed E-state index contributed by atoms with van der Waals surface area (Å²) in [6.45, 7) is 1.68. The zero-order valence-corrected chi connectivity index (χ0v) is 18.3. The standard InChI is InChI=1S/C25H31N3O3/c1-28-15-3-4-20(23(28)17-9-13-22(31-2)14-10-17)16-26-24(29)18-7-11-21(12-8-18)27-25(30)19-5-6-19/h7-14,19-20,23H,3-6,15-16H2,1-2H3,(H,26,29)(H,27,30). The fraction of sp³-hybridized carbons (Fsp3) is 0.440. The third-order valence-corrected chi connectivity index (χ3v) is 6.35. The Hall–Kier alpha value is -2.86. The van der Waals surface area contributed by atoms with Crippen molar-refractivity contribution in [1.29, 1.82) is 0 Å². The molecule has 0 spiro atoms. The number of nitrogens with zero attached hydrogens (tertiary/aromatic N) is 1. The lowest BCUT2D eigenvalue weighted by molar-refractivity contribution is -0.117. The number of benzene rings is 2. The molecule has 0 aromatic heterocycles. The minimum Gasteiger partial charge on any atom is -0.497 e. The van der Waals surface area contributed by atoms with Crippen LogP contribution in [0.15, 0.2) is 48.5 Å². The molecule has 0 radical (unpaired) electrons. The highest BCUT2D eigenvalue weighted by Gasteiger charge is 2.31. The number of amides is 2. The normalized spacial score (nSPS) is 21.4. The number of nitrogens with one attached hydrogen (secondary N) is 2. The quantitative estimate of drug-likeness (QED) is 0.712. The average molecular weight is 422 g/mol. The lowest BCUT2D eigenvalue weighted by atomic mass is 9.85. The van der Waals surface area contributed by atoms with Gasteiger partial charge in [-0.2, -0.15) is 0 Å². The van der Waals surface area contributed by atoms with Gasteiger partial charge in [0.05, 0.1) is 7.11 Å². The van der Waals surface area contributed by atoms with Crippen molar-refractivity contribution in [3.63, 3.8) is 0 Å². The van der Waals surface area contributed by atoms with Crippen molar-refractivity contribution in [2.75, 3.05) is 32.6 Å². The first-order valence-corrected chi connectivity index (χ1v) is 11.1. The molecule has 6 heteroatoms. The van der Waals surface area contributed by atoms with Crippen LogP contribution in [0, 0.1) is 11.8 Å². The Morgan fingerprint density at radius 3 is 2.39 bits per heavy atom. The molecule has 2 aromatic carbocycles. The fourth-order valence-electron chi connectivity index (χ4n) is 4.42. The molecule has 2 N–H and O–H groups in total. The van der Waals surface area contributed by atoms with Crippen molar-refractivity contribution in [3.05, 3.63) is 59.7 Å². The van der Waals surface area contributed by atoms with Crippen molar-refractivity contribution >= 4 is 17.5 Å². The number of piperidine rings is 1.